The SMILES string of the molecule is Nc1ccc(C(=O)N2CCC(Nc3ncc(Cl)c(-c4cn(S(=O)(=O)c5ccccc5)c5ccccc45)n3)CC2)cc1. The summed E-state index contributed by atoms with van der Waals surface area (Å²) in [6, 6.07) is 22.5. The molecular weight excluding hydrogens is 560 g/mol. The van der Waals surface area contributed by atoms with Crippen molar-refractivity contribution in [1.82, 2.24) is 18.8 Å². The van der Waals surface area contributed by atoms with Crippen molar-refractivity contribution in [1.29, 1.82) is 0 Å². The second-order valence-corrected chi connectivity index (χ2v) is 12.1. The Labute approximate surface area is 242 Å². The molecule has 208 valence electrons. The first-order valence-electron chi connectivity index (χ1n) is 13.2. The number of rotatable bonds is 6. The lowest BCUT2D eigenvalue weighted by Crippen LogP contribution is -2.42. The van der Waals surface area contributed by atoms with E-state index in [1.807, 2.05) is 17.0 Å². The number of carbonyl (C=O) groups is 1. The fourth-order valence-electron chi connectivity index (χ4n) is 5.09. The highest BCUT2D eigenvalue weighted by Crippen LogP contribution is 2.36. The van der Waals surface area contributed by atoms with E-state index in [1.165, 1.54) is 10.2 Å². The molecule has 0 radical (unpaired) electrons. The molecule has 3 N–H and O–H groups in total. The van der Waals surface area contributed by atoms with Gasteiger partial charge in [0.05, 0.1) is 27.3 Å². The lowest BCUT2D eigenvalue weighted by atomic mass is 10.0. The monoisotopic (exact) mass is 586 g/mol. The van der Waals surface area contributed by atoms with Gasteiger partial charge < -0.3 is 16.0 Å². The molecule has 0 spiro atoms. The molecule has 0 bridgehead atoms. The molecule has 2 aromatic heterocycles. The van der Waals surface area contributed by atoms with Crippen LogP contribution in [0.1, 0.15) is 23.2 Å². The Balaban J connectivity index is 1.24. The third kappa shape index (κ3) is 5.23. The maximum absolute atomic E-state index is 13.5. The van der Waals surface area contributed by atoms with Crippen LogP contribution in [-0.4, -0.2) is 52.3 Å². The van der Waals surface area contributed by atoms with E-state index in [0.29, 0.717) is 57.5 Å². The van der Waals surface area contributed by atoms with E-state index in [1.54, 1.807) is 72.9 Å². The number of nitrogens with one attached hydrogen (secondary N) is 1. The van der Waals surface area contributed by atoms with Crippen molar-refractivity contribution in [2.24, 2.45) is 0 Å². The molecule has 1 aliphatic heterocycles. The minimum absolute atomic E-state index is 0.0182. The summed E-state index contributed by atoms with van der Waals surface area (Å²) in [5.41, 5.74) is 8.51. The van der Waals surface area contributed by atoms with Gasteiger partial charge in [-0.05, 0) is 55.3 Å². The summed E-state index contributed by atoms with van der Waals surface area (Å²) in [6.07, 6.45) is 4.52. The number of aromatic nitrogens is 3. The molecule has 0 aliphatic carbocycles. The van der Waals surface area contributed by atoms with Crippen LogP contribution in [0.2, 0.25) is 5.02 Å². The van der Waals surface area contributed by atoms with Crippen LogP contribution in [-0.2, 0) is 10.0 Å². The van der Waals surface area contributed by atoms with Crippen molar-refractivity contribution in [3.63, 3.8) is 0 Å². The number of fused-ring (bicyclic) bond motifs is 1. The number of hydrogen-bond acceptors (Lipinski definition) is 7. The van der Waals surface area contributed by atoms with Crippen molar-refractivity contribution < 1.29 is 13.2 Å². The van der Waals surface area contributed by atoms with E-state index in [2.05, 4.69) is 10.3 Å². The molecule has 6 rings (SSSR count). The van der Waals surface area contributed by atoms with Gasteiger partial charge in [-0.3, -0.25) is 4.79 Å². The number of hydrogen-bond donors (Lipinski definition) is 2. The Hall–Kier alpha value is -4.41. The topological polar surface area (TPSA) is 123 Å². The number of halogens is 1. The van der Waals surface area contributed by atoms with E-state index < -0.39 is 10.0 Å². The maximum Gasteiger partial charge on any atom is 0.268 e. The molecule has 41 heavy (non-hydrogen) atoms. The quantitative estimate of drug-likeness (QED) is 0.259. The first-order valence-corrected chi connectivity index (χ1v) is 15.0. The fraction of sp³-hybridized carbons (Fsp3) is 0.167. The lowest BCUT2D eigenvalue weighted by molar-refractivity contribution is 0.0718. The van der Waals surface area contributed by atoms with Gasteiger partial charge in [-0.2, -0.15) is 0 Å². The average molecular weight is 587 g/mol. The van der Waals surface area contributed by atoms with Crippen molar-refractivity contribution >= 4 is 50.1 Å². The van der Waals surface area contributed by atoms with Crippen LogP contribution in [0.4, 0.5) is 11.6 Å². The smallest absolute Gasteiger partial charge is 0.268 e. The largest absolute Gasteiger partial charge is 0.399 e. The van der Waals surface area contributed by atoms with Gasteiger partial charge in [0.15, 0.2) is 0 Å². The predicted octanol–water partition coefficient (Wildman–Crippen LogP) is 5.29. The molecule has 3 aromatic carbocycles. The molecule has 0 saturated carbocycles. The third-order valence-corrected chi connectivity index (χ3v) is 9.21. The zero-order chi connectivity index (χ0) is 28.6. The molecule has 0 unspecified atom stereocenters. The Morgan fingerprint density at radius 1 is 0.951 bits per heavy atom. The predicted molar refractivity (Wildman–Crippen MR) is 160 cm³/mol. The maximum atomic E-state index is 13.5. The summed E-state index contributed by atoms with van der Waals surface area (Å²) >= 11 is 6.57. The van der Waals surface area contributed by atoms with Gasteiger partial charge in [-0.25, -0.2) is 22.4 Å². The van der Waals surface area contributed by atoms with Gasteiger partial charge in [-0.15, -0.1) is 0 Å². The third-order valence-electron chi connectivity index (χ3n) is 7.25. The molecular formula is C30H27ClN6O3S. The number of benzene rings is 3. The number of likely N-dealkylation sites (tertiary alicyclic amines) is 1. The molecule has 9 nitrogen and oxygen atoms in total. The van der Waals surface area contributed by atoms with E-state index in [-0.39, 0.29) is 16.8 Å². The summed E-state index contributed by atoms with van der Waals surface area (Å²) in [6.45, 7) is 1.18. The van der Waals surface area contributed by atoms with Crippen molar-refractivity contribution in [2.75, 3.05) is 24.1 Å². The van der Waals surface area contributed by atoms with E-state index in [0.717, 1.165) is 12.8 Å². The number of nitrogens with zero attached hydrogens (tertiary/aromatic N) is 4. The Morgan fingerprint density at radius 2 is 1.63 bits per heavy atom. The zero-order valence-electron chi connectivity index (χ0n) is 21.9. The molecule has 1 saturated heterocycles. The highest BCUT2D eigenvalue weighted by molar-refractivity contribution is 7.90. The minimum atomic E-state index is -3.86. The van der Waals surface area contributed by atoms with Gasteiger partial charge >= 0.3 is 0 Å². The number of amides is 1. The average Bonchev–Trinajstić information content (AvgIpc) is 3.39. The van der Waals surface area contributed by atoms with Gasteiger partial charge in [-0.1, -0.05) is 48.0 Å². The molecule has 11 heteroatoms. The Morgan fingerprint density at radius 3 is 2.37 bits per heavy atom. The van der Waals surface area contributed by atoms with Crippen LogP contribution in [0.5, 0.6) is 0 Å². The highest BCUT2D eigenvalue weighted by atomic mass is 35.5. The van der Waals surface area contributed by atoms with Crippen LogP contribution in [0.25, 0.3) is 22.2 Å². The second-order valence-electron chi connectivity index (χ2n) is 9.90. The van der Waals surface area contributed by atoms with Crippen LogP contribution in [0, 0.1) is 0 Å². The van der Waals surface area contributed by atoms with E-state index in [4.69, 9.17) is 22.3 Å². The van der Waals surface area contributed by atoms with Gasteiger partial charge in [0.2, 0.25) is 5.95 Å². The zero-order valence-corrected chi connectivity index (χ0v) is 23.5. The van der Waals surface area contributed by atoms with Crippen molar-refractivity contribution in [3.05, 3.63) is 102 Å². The number of piperidine rings is 1. The van der Waals surface area contributed by atoms with Crippen LogP contribution < -0.4 is 11.1 Å². The highest BCUT2D eigenvalue weighted by Gasteiger charge is 2.26. The normalized spacial score (nSPS) is 14.3. The number of carbonyl (C=O) groups excluding carboxylic acids is 1. The summed E-state index contributed by atoms with van der Waals surface area (Å²) in [4.78, 5) is 24.0. The van der Waals surface area contributed by atoms with E-state index in [9.17, 15) is 13.2 Å². The second kappa shape index (κ2) is 10.9. The van der Waals surface area contributed by atoms with Crippen LogP contribution in [0.15, 0.2) is 96.2 Å². The van der Waals surface area contributed by atoms with Gasteiger partial charge in [0.1, 0.15) is 0 Å². The first kappa shape index (κ1) is 26.8. The lowest BCUT2D eigenvalue weighted by Gasteiger charge is -2.32. The van der Waals surface area contributed by atoms with Crippen LogP contribution >= 0.6 is 11.6 Å². The summed E-state index contributed by atoms with van der Waals surface area (Å²) < 4.78 is 28.3. The number of para-hydroxylation sites is 1. The Bertz CT molecular complexity index is 1830. The Kier molecular flexibility index (Phi) is 7.10. The standard InChI is InChI=1S/C30H27ClN6O3S/c31-26-18-33-30(34-22-14-16-36(17-15-22)29(38)20-10-12-21(32)13-11-20)35-28(26)25-19-37(27-9-5-4-8-24(25)27)41(39,40)23-6-2-1-3-7-23/h1-13,18-19,22H,14-17,32H2,(H,33,34,35). The van der Waals surface area contributed by atoms with Crippen molar-refractivity contribution in [3.8, 4) is 11.3 Å². The van der Waals surface area contributed by atoms with Gasteiger partial charge in [0, 0.05) is 47.5 Å². The van der Waals surface area contributed by atoms with E-state index >= 15 is 0 Å². The first-order chi connectivity index (χ1) is 19.8. The minimum Gasteiger partial charge on any atom is -0.399 e. The summed E-state index contributed by atoms with van der Waals surface area (Å²) in [5, 5.41) is 4.38. The molecule has 0 atom stereocenters. The number of nitrogen functional groups attached to an aromatic ring is 1. The molecule has 3 heterocycles. The number of nitrogens with two attached hydrogens (primary N) is 1. The molecule has 5 aromatic rings. The number of anilines is 2. The fourth-order valence-corrected chi connectivity index (χ4v) is 6.67. The van der Waals surface area contributed by atoms with Crippen molar-refractivity contribution in [2.45, 2.75) is 23.8 Å². The summed E-state index contributed by atoms with van der Waals surface area (Å²) in [7, 11) is -3.86. The van der Waals surface area contributed by atoms with Crippen LogP contribution in [0.3, 0.4) is 0 Å². The van der Waals surface area contributed by atoms with Gasteiger partial charge in [0.25, 0.3) is 15.9 Å². The summed E-state index contributed by atoms with van der Waals surface area (Å²) in [5.74, 6) is 0.366. The molecule has 1 aliphatic rings. The molecule has 1 amide bonds. The molecule has 1 fully saturated rings.